The smallest absolute Gasteiger partial charge is 0.807 e. The second-order valence-corrected chi connectivity index (χ2v) is 11.5. The van der Waals surface area contributed by atoms with Gasteiger partial charge in [0.25, 0.3) is 0 Å². The minimum Gasteiger partial charge on any atom is -0.807 e. The average Bonchev–Trinajstić information content (AvgIpc) is 2.79. The number of rotatable bonds is 5. The molecule has 0 heterocycles. The van der Waals surface area contributed by atoms with Crippen molar-refractivity contribution in [2.75, 3.05) is 0 Å². The molecule has 3 aromatic carbocycles. The third-order valence-corrected chi connectivity index (χ3v) is 7.48. The van der Waals surface area contributed by atoms with Crippen LogP contribution in [0.25, 0.3) is 0 Å². The average molecular weight is 575 g/mol. The van der Waals surface area contributed by atoms with E-state index in [1.165, 1.54) is 24.3 Å². The zero-order valence-electron chi connectivity index (χ0n) is 20.3. The first-order valence-corrected chi connectivity index (χ1v) is 14.8. The van der Waals surface area contributed by atoms with Crippen molar-refractivity contribution >= 4 is 61.8 Å². The van der Waals surface area contributed by atoms with Gasteiger partial charge in [0, 0.05) is 5.30 Å². The van der Waals surface area contributed by atoms with Gasteiger partial charge >= 0.3 is 60.2 Å². The van der Waals surface area contributed by atoms with Crippen LogP contribution in [0.2, 0.25) is 0 Å². The van der Waals surface area contributed by atoms with E-state index in [1.54, 1.807) is 54.6 Å². The molecule has 14 heteroatoms. The molecule has 0 saturated heterocycles. The van der Waals surface area contributed by atoms with Crippen molar-refractivity contribution in [2.24, 2.45) is 0 Å². The van der Waals surface area contributed by atoms with Crippen LogP contribution in [-0.2, 0) is 26.5 Å². The van der Waals surface area contributed by atoms with Crippen LogP contribution in [0.3, 0.4) is 0 Å². The molecule has 0 aromatic heterocycles. The van der Waals surface area contributed by atoms with Crippen LogP contribution in [-0.4, -0.2) is 37.7 Å². The minimum atomic E-state index is -4.57. The summed E-state index contributed by atoms with van der Waals surface area (Å²) in [5.41, 5.74) is 1.24. The summed E-state index contributed by atoms with van der Waals surface area (Å²) in [5.74, 6) is 0. The van der Waals surface area contributed by atoms with Gasteiger partial charge in [0.15, 0.2) is 7.60 Å². The Labute approximate surface area is 249 Å². The first-order chi connectivity index (χ1) is 15.7. The fraction of sp³-hybridized carbons (Fsp3) is 0.182. The van der Waals surface area contributed by atoms with Crippen LogP contribution in [0.15, 0.2) is 78.9 Å². The molecule has 3 aromatic rings. The molecule has 0 spiro atoms. The van der Waals surface area contributed by atoms with Crippen LogP contribution in [0, 0.1) is 0 Å². The normalized spacial score (nSPS) is 12.2. The molecule has 3 N–H and O–H groups in total. The predicted octanol–water partition coefficient (Wildman–Crippen LogP) is -2.68. The molecule has 0 aliphatic heterocycles. The zero-order valence-corrected chi connectivity index (χ0v) is 26.4. The summed E-state index contributed by atoms with van der Waals surface area (Å²) in [5, 5.41) is 0.0231. The Morgan fingerprint density at radius 1 is 0.639 bits per heavy atom. The second-order valence-electron chi connectivity index (χ2n) is 6.86. The monoisotopic (exact) mass is 574 g/mol. The van der Waals surface area contributed by atoms with Gasteiger partial charge < -0.3 is 38.5 Å². The summed E-state index contributed by atoms with van der Waals surface area (Å²) in [6, 6.07) is 20.4. The fourth-order valence-corrected chi connectivity index (χ4v) is 5.07. The second kappa shape index (κ2) is 17.5. The van der Waals surface area contributed by atoms with Crippen molar-refractivity contribution in [1.29, 1.82) is 0 Å². The molecule has 3 rings (SSSR count). The number of benzene rings is 3. The molecule has 0 aliphatic carbocycles. The van der Waals surface area contributed by atoms with E-state index in [2.05, 4.69) is 0 Å². The van der Waals surface area contributed by atoms with E-state index in [9.17, 15) is 28.4 Å². The standard InChI is InChI=1S/2C8H11O3P.C6H7O3P.Mg.Na/c2*1-2-7-5-3-4-6-8(7)12(9,10)11;7-10(8,9)6-4-2-1-3-5-6;;/h2*3-6H,2H2,1H3,(H2,9,10,11);1-5H,(H2,7,8,9);;/q;;;+2;+1/p-3. The van der Waals surface area contributed by atoms with Gasteiger partial charge in [0.2, 0.25) is 0 Å². The number of hydrogen-bond donors (Lipinski definition) is 3. The molecule has 0 fully saturated rings. The first-order valence-electron chi connectivity index (χ1n) is 10.1. The summed E-state index contributed by atoms with van der Waals surface area (Å²) in [7, 11) is -12.9. The van der Waals surface area contributed by atoms with Gasteiger partial charge in [-0.25, -0.2) is 0 Å². The molecule has 1 unspecified atom stereocenters. The molecule has 1 atom stereocenters. The van der Waals surface area contributed by atoms with E-state index in [4.69, 9.17) is 14.7 Å². The van der Waals surface area contributed by atoms with Gasteiger partial charge in [0.05, 0.1) is 5.30 Å². The third kappa shape index (κ3) is 13.6. The minimum absolute atomic E-state index is 0. The summed E-state index contributed by atoms with van der Waals surface area (Å²) in [6.07, 6.45) is 1.16. The van der Waals surface area contributed by atoms with Gasteiger partial charge in [-0.3, -0.25) is 4.57 Å². The Bertz CT molecular complexity index is 1130. The van der Waals surface area contributed by atoms with Gasteiger partial charge in [0.1, 0.15) is 0 Å². The van der Waals surface area contributed by atoms with Gasteiger partial charge in [-0.2, -0.15) is 0 Å². The van der Waals surface area contributed by atoms with Crippen molar-refractivity contribution in [3.63, 3.8) is 0 Å². The van der Waals surface area contributed by atoms with E-state index in [0.717, 1.165) is 0 Å². The van der Waals surface area contributed by atoms with E-state index >= 15 is 0 Å². The Morgan fingerprint density at radius 2 is 1.00 bits per heavy atom. The maximum atomic E-state index is 10.8. The SMILES string of the molecule is CCc1ccccc1P(=O)([O-])O.CCc1ccccc1P(=O)([O-])[O-].O=P(O)(O)c1ccccc1.[Mg+2].[Na+]. The quantitative estimate of drug-likeness (QED) is 0.216. The summed E-state index contributed by atoms with van der Waals surface area (Å²) in [4.78, 5) is 58.2. The molecule has 0 amide bonds. The maximum Gasteiger partial charge on any atom is 2.00 e. The van der Waals surface area contributed by atoms with Gasteiger partial charge in [-0.1, -0.05) is 80.6 Å². The topological polar surface area (TPSA) is 181 Å². The first kappa shape index (κ1) is 38.0. The maximum absolute atomic E-state index is 10.8. The predicted molar refractivity (Wildman–Crippen MR) is 132 cm³/mol. The van der Waals surface area contributed by atoms with Crippen LogP contribution >= 0.6 is 22.8 Å². The zero-order chi connectivity index (χ0) is 26.0. The van der Waals surface area contributed by atoms with Crippen molar-refractivity contribution in [3.05, 3.63) is 90.0 Å². The molecule has 0 radical (unpaired) electrons. The van der Waals surface area contributed by atoms with Crippen LogP contribution in [0.5, 0.6) is 0 Å². The Morgan fingerprint density at radius 3 is 1.28 bits per heavy atom. The number of hydrogen-bond acceptors (Lipinski definition) is 6. The largest absolute Gasteiger partial charge is 2.00 e. The summed E-state index contributed by atoms with van der Waals surface area (Å²) < 4.78 is 32.0. The molecule has 0 saturated carbocycles. The third-order valence-electron chi connectivity index (χ3n) is 4.44. The number of aryl methyl sites for hydroxylation is 2. The molecule has 0 aliphatic rings. The van der Waals surface area contributed by atoms with E-state index in [0.29, 0.717) is 24.0 Å². The molecular weight excluding hydrogens is 548 g/mol. The summed E-state index contributed by atoms with van der Waals surface area (Å²) >= 11 is 0. The fourth-order valence-electron chi connectivity index (χ4n) is 2.78. The Balaban J connectivity index is 0. The van der Waals surface area contributed by atoms with E-state index in [-0.39, 0.29) is 68.5 Å². The molecule has 0 bridgehead atoms. The molecule has 186 valence electrons. The summed E-state index contributed by atoms with van der Waals surface area (Å²) in [6.45, 7) is 3.66. The van der Waals surface area contributed by atoms with Crippen LogP contribution < -0.4 is 60.2 Å². The molecular formula is C22H26MgNaO9P3. The molecule has 9 nitrogen and oxygen atoms in total. The Hall–Kier alpha value is -0.124. The van der Waals surface area contributed by atoms with E-state index in [1.807, 2.05) is 13.8 Å². The van der Waals surface area contributed by atoms with Crippen molar-refractivity contribution in [2.45, 2.75) is 26.7 Å². The van der Waals surface area contributed by atoms with Crippen molar-refractivity contribution < 1.29 is 72.6 Å². The van der Waals surface area contributed by atoms with Gasteiger partial charge in [-0.15, -0.1) is 0 Å². The Kier molecular flexibility index (Phi) is 18.4. The van der Waals surface area contributed by atoms with Crippen molar-refractivity contribution in [3.8, 4) is 0 Å². The molecule has 36 heavy (non-hydrogen) atoms. The van der Waals surface area contributed by atoms with Crippen molar-refractivity contribution in [1.82, 2.24) is 0 Å². The van der Waals surface area contributed by atoms with Crippen LogP contribution in [0.1, 0.15) is 25.0 Å². The van der Waals surface area contributed by atoms with Crippen LogP contribution in [0.4, 0.5) is 0 Å². The van der Waals surface area contributed by atoms with Gasteiger partial charge in [-0.05, 0) is 49.0 Å². The van der Waals surface area contributed by atoms with E-state index < -0.39 is 22.8 Å².